The van der Waals surface area contributed by atoms with Gasteiger partial charge in [-0.2, -0.15) is 13.2 Å². The van der Waals surface area contributed by atoms with Crippen molar-refractivity contribution in [3.63, 3.8) is 0 Å². The number of rotatable bonds is 4. The monoisotopic (exact) mass is 321 g/mol. The number of aliphatic hydroxyl groups excluding tert-OH is 1. The number of alkyl halides is 3. The lowest BCUT2D eigenvalue weighted by Gasteiger charge is -2.37. The number of aliphatic hydroxyl groups is 2. The van der Waals surface area contributed by atoms with Gasteiger partial charge in [0.1, 0.15) is 5.82 Å². The zero-order valence-electron chi connectivity index (χ0n) is 12.4. The minimum absolute atomic E-state index is 0.158. The van der Waals surface area contributed by atoms with Crippen molar-refractivity contribution in [2.75, 3.05) is 18.5 Å². The molecule has 0 spiro atoms. The average Bonchev–Trinajstić information content (AvgIpc) is 2.84. The van der Waals surface area contributed by atoms with E-state index >= 15 is 0 Å². The highest BCUT2D eigenvalue weighted by atomic mass is 19.4. The zero-order chi connectivity index (χ0) is 16.8. The lowest BCUT2D eigenvalue weighted by atomic mass is 9.73. The molecule has 0 aromatic heterocycles. The number of anilines is 1. The van der Waals surface area contributed by atoms with Crippen LogP contribution in [0, 0.1) is 5.82 Å². The molecule has 22 heavy (non-hydrogen) atoms. The molecule has 1 heterocycles. The Morgan fingerprint density at radius 3 is 2.41 bits per heavy atom. The Balaban J connectivity index is 2.46. The lowest BCUT2D eigenvalue weighted by molar-refractivity contribution is -0.277. The van der Waals surface area contributed by atoms with Crippen LogP contribution in [0.5, 0.6) is 0 Å². The quantitative estimate of drug-likeness (QED) is 0.748. The highest BCUT2D eigenvalue weighted by Crippen LogP contribution is 2.44. The van der Waals surface area contributed by atoms with Crippen LogP contribution in [0.3, 0.4) is 0 Å². The molecule has 3 N–H and O–H groups in total. The van der Waals surface area contributed by atoms with Gasteiger partial charge in [0.25, 0.3) is 0 Å². The maximum absolute atomic E-state index is 14.3. The third kappa shape index (κ3) is 2.79. The molecule has 3 nitrogen and oxygen atoms in total. The van der Waals surface area contributed by atoms with Gasteiger partial charge in [0.15, 0.2) is 5.60 Å². The maximum Gasteiger partial charge on any atom is 0.419 e. The smallest absolute Gasteiger partial charge is 0.393 e. The fraction of sp³-hybridized carbons (Fsp3) is 0.600. The number of nitrogens with one attached hydrogen (secondary N) is 1. The summed E-state index contributed by atoms with van der Waals surface area (Å²) in [5.74, 6) is -0.602. The highest BCUT2D eigenvalue weighted by Gasteiger charge is 2.56. The van der Waals surface area contributed by atoms with Crippen molar-refractivity contribution in [2.45, 2.75) is 43.9 Å². The molecule has 7 heteroatoms. The second-order valence-electron chi connectivity index (χ2n) is 6.37. The fourth-order valence-electron chi connectivity index (χ4n) is 3.16. The molecule has 0 amide bonds. The van der Waals surface area contributed by atoms with Crippen molar-refractivity contribution < 1.29 is 27.8 Å². The molecular weight excluding hydrogens is 302 g/mol. The van der Waals surface area contributed by atoms with Crippen LogP contribution in [0.4, 0.5) is 23.2 Å². The number of fused-ring (bicyclic) bond motifs is 1. The largest absolute Gasteiger partial charge is 0.419 e. The molecule has 0 saturated heterocycles. The van der Waals surface area contributed by atoms with Crippen molar-refractivity contribution in [3.05, 3.63) is 29.1 Å². The minimum atomic E-state index is -4.99. The third-order valence-corrected chi connectivity index (χ3v) is 4.15. The zero-order valence-corrected chi connectivity index (χ0v) is 12.4. The van der Waals surface area contributed by atoms with E-state index in [1.54, 1.807) is 6.07 Å². The van der Waals surface area contributed by atoms with E-state index in [4.69, 9.17) is 5.11 Å². The van der Waals surface area contributed by atoms with E-state index in [1.165, 1.54) is 19.9 Å². The average molecular weight is 321 g/mol. The highest BCUT2D eigenvalue weighted by molar-refractivity contribution is 5.60. The van der Waals surface area contributed by atoms with E-state index < -0.39 is 36.0 Å². The van der Waals surface area contributed by atoms with E-state index in [2.05, 4.69) is 5.32 Å². The molecule has 1 aromatic carbocycles. The molecule has 0 fully saturated rings. The molecule has 0 unspecified atom stereocenters. The molecule has 0 saturated carbocycles. The van der Waals surface area contributed by atoms with E-state index in [9.17, 15) is 22.7 Å². The third-order valence-electron chi connectivity index (χ3n) is 4.15. The topological polar surface area (TPSA) is 52.5 Å². The van der Waals surface area contributed by atoms with Gasteiger partial charge in [0.05, 0.1) is 6.61 Å². The summed E-state index contributed by atoms with van der Waals surface area (Å²) < 4.78 is 53.3. The lowest BCUT2D eigenvalue weighted by Crippen LogP contribution is -2.52. The Bertz CT molecular complexity index is 571. The Kier molecular flexibility index (Phi) is 4.16. The second-order valence-corrected chi connectivity index (χ2v) is 6.37. The van der Waals surface area contributed by atoms with Gasteiger partial charge in [-0.05, 0) is 41.5 Å². The summed E-state index contributed by atoms with van der Waals surface area (Å²) in [6.07, 6.45) is -5.31. The molecule has 1 aromatic rings. The number of hydrogen-bond acceptors (Lipinski definition) is 3. The summed E-state index contributed by atoms with van der Waals surface area (Å²) in [4.78, 5) is 0. The summed E-state index contributed by atoms with van der Waals surface area (Å²) in [6.45, 7) is 2.01. The Labute approximate surface area is 126 Å². The number of halogens is 4. The molecule has 1 aliphatic rings. The molecule has 0 aliphatic carbocycles. The van der Waals surface area contributed by atoms with E-state index in [0.717, 1.165) is 0 Å². The number of hydrogen-bond donors (Lipinski definition) is 3. The summed E-state index contributed by atoms with van der Waals surface area (Å²) in [6, 6.07) is 2.76. The van der Waals surface area contributed by atoms with Crippen LogP contribution in [-0.2, 0) is 11.8 Å². The van der Waals surface area contributed by atoms with Gasteiger partial charge < -0.3 is 15.5 Å². The van der Waals surface area contributed by atoms with Crippen LogP contribution in [-0.4, -0.2) is 35.1 Å². The molecule has 0 radical (unpaired) electrons. The van der Waals surface area contributed by atoms with Crippen LogP contribution in [0.15, 0.2) is 12.1 Å². The van der Waals surface area contributed by atoms with Crippen molar-refractivity contribution in [1.82, 2.24) is 0 Å². The second kappa shape index (κ2) is 5.38. The van der Waals surface area contributed by atoms with Crippen LogP contribution in [0.1, 0.15) is 31.4 Å². The predicted octanol–water partition coefficient (Wildman–Crippen LogP) is 2.75. The van der Waals surface area contributed by atoms with E-state index in [1.807, 2.05) is 0 Å². The molecule has 0 bridgehead atoms. The van der Waals surface area contributed by atoms with Gasteiger partial charge >= 0.3 is 6.18 Å². The van der Waals surface area contributed by atoms with Gasteiger partial charge in [-0.15, -0.1) is 0 Å². The van der Waals surface area contributed by atoms with Gasteiger partial charge in [-0.3, -0.25) is 0 Å². The van der Waals surface area contributed by atoms with Crippen molar-refractivity contribution in [3.8, 4) is 0 Å². The first-order chi connectivity index (χ1) is 10.0. The first-order valence-corrected chi connectivity index (χ1v) is 6.97. The maximum atomic E-state index is 14.3. The van der Waals surface area contributed by atoms with Gasteiger partial charge in [0, 0.05) is 12.2 Å². The first kappa shape index (κ1) is 17.0. The van der Waals surface area contributed by atoms with Gasteiger partial charge in [0.2, 0.25) is 0 Å². The van der Waals surface area contributed by atoms with Crippen LogP contribution in [0.2, 0.25) is 0 Å². The molecule has 2 rings (SSSR count). The number of benzene rings is 1. The molecule has 124 valence electrons. The fourth-order valence-corrected chi connectivity index (χ4v) is 3.16. The molecule has 1 atom stereocenters. The first-order valence-electron chi connectivity index (χ1n) is 6.97. The van der Waals surface area contributed by atoms with E-state index in [0.29, 0.717) is 24.2 Å². The van der Waals surface area contributed by atoms with Crippen LogP contribution < -0.4 is 5.32 Å². The summed E-state index contributed by atoms with van der Waals surface area (Å²) in [5, 5.41) is 21.8. The molecular formula is C15H19F4NO2. The Hall–Kier alpha value is -1.34. The van der Waals surface area contributed by atoms with Crippen molar-refractivity contribution in [2.24, 2.45) is 0 Å². The Morgan fingerprint density at radius 2 is 1.86 bits per heavy atom. The van der Waals surface area contributed by atoms with Crippen molar-refractivity contribution >= 4 is 5.69 Å². The van der Waals surface area contributed by atoms with E-state index in [-0.39, 0.29) is 5.56 Å². The van der Waals surface area contributed by atoms with Gasteiger partial charge in [-0.25, -0.2) is 4.39 Å². The summed E-state index contributed by atoms with van der Waals surface area (Å²) in [5.41, 5.74) is -3.07. The van der Waals surface area contributed by atoms with Crippen LogP contribution in [0.25, 0.3) is 0 Å². The summed E-state index contributed by atoms with van der Waals surface area (Å²) in [7, 11) is 0. The normalized spacial score (nSPS) is 17.8. The standard InChI is InChI=1S/C15H19F4NO2/c1-13(2,7-14(22,8-21)15(17,18)19)12-9-5-6-20-11(9)4-3-10(12)16/h3-4,20-22H,5-8H2,1-2H3/t14-/m1/s1. The summed E-state index contributed by atoms with van der Waals surface area (Å²) >= 11 is 0. The Morgan fingerprint density at radius 1 is 1.23 bits per heavy atom. The predicted molar refractivity (Wildman–Crippen MR) is 74.3 cm³/mol. The molecule has 1 aliphatic heterocycles. The van der Waals surface area contributed by atoms with Crippen LogP contribution >= 0.6 is 0 Å². The van der Waals surface area contributed by atoms with Crippen molar-refractivity contribution in [1.29, 1.82) is 0 Å². The SMILES string of the molecule is CC(C)(C[C@@](O)(CO)C(F)(F)F)c1c(F)ccc2c1CCN2. The van der Waals surface area contributed by atoms with Gasteiger partial charge in [-0.1, -0.05) is 13.8 Å². The minimum Gasteiger partial charge on any atom is -0.393 e.